The molecule has 2 rings (SSSR count). The summed E-state index contributed by atoms with van der Waals surface area (Å²) in [6.45, 7) is 2.67. The molecule has 0 spiro atoms. The number of benzene rings is 2. The van der Waals surface area contributed by atoms with Crippen LogP contribution >= 0.6 is 11.6 Å². The topological polar surface area (TPSA) is 55.8 Å². The number of aliphatic carboxylic acids is 1. The lowest BCUT2D eigenvalue weighted by Crippen LogP contribution is -2.01. The first-order chi connectivity index (χ1) is 11.1. The van der Waals surface area contributed by atoms with Crippen molar-refractivity contribution >= 4 is 23.6 Å². The molecule has 2 aromatic rings. The normalized spacial score (nSPS) is 10.7. The predicted octanol–water partition coefficient (Wildman–Crippen LogP) is 4.42. The molecule has 0 bridgehead atoms. The maximum atomic E-state index is 10.6. The minimum absolute atomic E-state index is 0.366. The second kappa shape index (κ2) is 8.25. The lowest BCUT2D eigenvalue weighted by molar-refractivity contribution is -0.131. The van der Waals surface area contributed by atoms with Crippen molar-refractivity contribution in [2.45, 2.75) is 13.5 Å². The highest BCUT2D eigenvalue weighted by atomic mass is 35.5. The molecule has 0 unspecified atom stereocenters. The van der Waals surface area contributed by atoms with E-state index in [1.807, 2.05) is 37.3 Å². The van der Waals surface area contributed by atoms with Gasteiger partial charge in [-0.1, -0.05) is 41.9 Å². The Hall–Kier alpha value is -2.46. The molecule has 0 saturated heterocycles. The van der Waals surface area contributed by atoms with Crippen LogP contribution in [0.25, 0.3) is 6.08 Å². The van der Waals surface area contributed by atoms with E-state index in [0.29, 0.717) is 35.3 Å². The quantitative estimate of drug-likeness (QED) is 0.763. The van der Waals surface area contributed by atoms with Gasteiger partial charge in [0.05, 0.1) is 11.6 Å². The number of hydrogen-bond acceptors (Lipinski definition) is 3. The molecule has 4 nitrogen and oxygen atoms in total. The summed E-state index contributed by atoms with van der Waals surface area (Å²) < 4.78 is 11.4. The summed E-state index contributed by atoms with van der Waals surface area (Å²) in [5.74, 6) is -0.0886. The molecular formula is C18H17ClO4. The third-order valence-corrected chi connectivity index (χ3v) is 3.26. The van der Waals surface area contributed by atoms with Gasteiger partial charge in [-0.15, -0.1) is 0 Å². The number of carbonyl (C=O) groups is 1. The Balaban J connectivity index is 2.25. The van der Waals surface area contributed by atoms with Gasteiger partial charge in [-0.2, -0.15) is 0 Å². The number of carboxylic acids is 1. The van der Waals surface area contributed by atoms with Crippen LogP contribution < -0.4 is 9.47 Å². The zero-order chi connectivity index (χ0) is 16.7. The zero-order valence-electron chi connectivity index (χ0n) is 12.7. The first-order valence-electron chi connectivity index (χ1n) is 7.14. The van der Waals surface area contributed by atoms with Gasteiger partial charge in [-0.05, 0) is 36.3 Å². The van der Waals surface area contributed by atoms with E-state index in [1.165, 1.54) is 6.08 Å². The van der Waals surface area contributed by atoms with Crippen LogP contribution in [0.5, 0.6) is 11.5 Å². The number of ether oxygens (including phenoxy) is 2. The van der Waals surface area contributed by atoms with Gasteiger partial charge in [0, 0.05) is 6.08 Å². The number of halogens is 1. The van der Waals surface area contributed by atoms with Gasteiger partial charge >= 0.3 is 5.97 Å². The molecule has 0 aliphatic carbocycles. The predicted molar refractivity (Wildman–Crippen MR) is 90.1 cm³/mol. The Labute approximate surface area is 139 Å². The van der Waals surface area contributed by atoms with E-state index < -0.39 is 5.97 Å². The summed E-state index contributed by atoms with van der Waals surface area (Å²) in [7, 11) is 0. The summed E-state index contributed by atoms with van der Waals surface area (Å²) in [6, 6.07) is 13.1. The highest BCUT2D eigenvalue weighted by Gasteiger charge is 2.12. The number of carboxylic acid groups (broad SMARTS) is 1. The van der Waals surface area contributed by atoms with Gasteiger partial charge in [-0.25, -0.2) is 4.79 Å². The van der Waals surface area contributed by atoms with E-state index >= 15 is 0 Å². The lowest BCUT2D eigenvalue weighted by Gasteiger charge is -2.14. The fourth-order valence-corrected chi connectivity index (χ4v) is 2.26. The van der Waals surface area contributed by atoms with E-state index in [-0.39, 0.29) is 0 Å². The van der Waals surface area contributed by atoms with E-state index in [1.54, 1.807) is 12.1 Å². The fourth-order valence-electron chi connectivity index (χ4n) is 1.98. The third-order valence-electron chi connectivity index (χ3n) is 2.98. The Kier molecular flexibility index (Phi) is 6.06. The Morgan fingerprint density at radius 3 is 2.61 bits per heavy atom. The van der Waals surface area contributed by atoms with Crippen molar-refractivity contribution in [3.63, 3.8) is 0 Å². The van der Waals surface area contributed by atoms with Crippen LogP contribution in [-0.2, 0) is 11.4 Å². The van der Waals surface area contributed by atoms with Crippen molar-refractivity contribution in [2.75, 3.05) is 6.61 Å². The molecule has 0 amide bonds. The monoisotopic (exact) mass is 332 g/mol. The summed E-state index contributed by atoms with van der Waals surface area (Å²) in [5.41, 5.74) is 1.65. The smallest absolute Gasteiger partial charge is 0.328 e. The molecule has 0 aliphatic heterocycles. The maximum absolute atomic E-state index is 10.6. The molecule has 5 heteroatoms. The molecular weight excluding hydrogens is 316 g/mol. The van der Waals surface area contributed by atoms with Gasteiger partial charge in [-0.3, -0.25) is 0 Å². The Morgan fingerprint density at radius 1 is 1.22 bits per heavy atom. The molecule has 1 N–H and O–H groups in total. The van der Waals surface area contributed by atoms with Crippen LogP contribution in [-0.4, -0.2) is 17.7 Å². The van der Waals surface area contributed by atoms with E-state index in [2.05, 4.69) is 0 Å². The van der Waals surface area contributed by atoms with Crippen molar-refractivity contribution in [3.8, 4) is 11.5 Å². The SMILES string of the molecule is CCOc1cc(/C=C/C(=O)O)cc(Cl)c1OCc1ccccc1. The van der Waals surface area contributed by atoms with Gasteiger partial charge in [0.15, 0.2) is 11.5 Å². The largest absolute Gasteiger partial charge is 0.490 e. The highest BCUT2D eigenvalue weighted by Crippen LogP contribution is 2.37. The van der Waals surface area contributed by atoms with Gasteiger partial charge < -0.3 is 14.6 Å². The second-order valence-corrected chi connectivity index (χ2v) is 5.12. The van der Waals surface area contributed by atoms with Crippen molar-refractivity contribution in [2.24, 2.45) is 0 Å². The lowest BCUT2D eigenvalue weighted by atomic mass is 10.2. The molecule has 0 heterocycles. The molecule has 2 aromatic carbocycles. The molecule has 0 aromatic heterocycles. The van der Waals surface area contributed by atoms with Crippen LogP contribution in [0.15, 0.2) is 48.5 Å². The Morgan fingerprint density at radius 2 is 1.96 bits per heavy atom. The fraction of sp³-hybridized carbons (Fsp3) is 0.167. The molecule has 0 saturated carbocycles. The Bertz CT molecular complexity index is 696. The maximum Gasteiger partial charge on any atom is 0.328 e. The third kappa shape index (κ3) is 5.04. The van der Waals surface area contributed by atoms with E-state index in [4.69, 9.17) is 26.2 Å². The summed E-state index contributed by atoms with van der Waals surface area (Å²) in [6.07, 6.45) is 2.50. The zero-order valence-corrected chi connectivity index (χ0v) is 13.4. The summed E-state index contributed by atoms with van der Waals surface area (Å²) in [4.78, 5) is 10.6. The minimum Gasteiger partial charge on any atom is -0.490 e. The van der Waals surface area contributed by atoms with Crippen LogP contribution in [0.4, 0.5) is 0 Å². The van der Waals surface area contributed by atoms with Crippen molar-refractivity contribution in [1.29, 1.82) is 0 Å². The average molecular weight is 333 g/mol. The molecule has 23 heavy (non-hydrogen) atoms. The van der Waals surface area contributed by atoms with Gasteiger partial charge in [0.2, 0.25) is 0 Å². The molecule has 0 fully saturated rings. The van der Waals surface area contributed by atoms with Gasteiger partial charge in [0.25, 0.3) is 0 Å². The molecule has 0 radical (unpaired) electrons. The van der Waals surface area contributed by atoms with Crippen LogP contribution in [0.2, 0.25) is 5.02 Å². The number of hydrogen-bond donors (Lipinski definition) is 1. The van der Waals surface area contributed by atoms with Crippen LogP contribution in [0.3, 0.4) is 0 Å². The standard InChI is InChI=1S/C18H17ClO4/c1-2-22-16-11-14(8-9-17(20)21)10-15(19)18(16)23-12-13-6-4-3-5-7-13/h3-11H,2,12H2,1H3,(H,20,21)/b9-8+. The highest BCUT2D eigenvalue weighted by molar-refractivity contribution is 6.32. The van der Waals surface area contributed by atoms with Crippen LogP contribution in [0, 0.1) is 0 Å². The minimum atomic E-state index is -1.02. The first-order valence-corrected chi connectivity index (χ1v) is 7.52. The van der Waals surface area contributed by atoms with E-state index in [9.17, 15) is 4.79 Å². The first kappa shape index (κ1) is 16.9. The van der Waals surface area contributed by atoms with Crippen LogP contribution in [0.1, 0.15) is 18.1 Å². The molecule has 120 valence electrons. The van der Waals surface area contributed by atoms with Gasteiger partial charge in [0.1, 0.15) is 6.61 Å². The summed E-state index contributed by atoms with van der Waals surface area (Å²) >= 11 is 6.27. The van der Waals surface area contributed by atoms with Crippen molar-refractivity contribution < 1.29 is 19.4 Å². The number of rotatable bonds is 7. The average Bonchev–Trinajstić information content (AvgIpc) is 2.53. The molecule has 0 atom stereocenters. The second-order valence-electron chi connectivity index (χ2n) is 4.71. The van der Waals surface area contributed by atoms with Crippen molar-refractivity contribution in [3.05, 3.63) is 64.7 Å². The van der Waals surface area contributed by atoms with E-state index in [0.717, 1.165) is 11.6 Å². The molecule has 0 aliphatic rings. The van der Waals surface area contributed by atoms with Crippen molar-refractivity contribution in [1.82, 2.24) is 0 Å². The summed E-state index contributed by atoms with van der Waals surface area (Å²) in [5, 5.41) is 9.08.